The minimum atomic E-state index is -3.23. The molecule has 0 aliphatic carbocycles. The van der Waals surface area contributed by atoms with Crippen molar-refractivity contribution in [3.63, 3.8) is 0 Å². The normalized spacial score (nSPS) is 12.6. The van der Waals surface area contributed by atoms with Crippen LogP contribution in [0.1, 0.15) is 37.5 Å². The maximum atomic E-state index is 11.3. The van der Waals surface area contributed by atoms with Crippen LogP contribution in [0.25, 0.3) is 0 Å². The van der Waals surface area contributed by atoms with Crippen molar-refractivity contribution in [3.8, 4) is 0 Å². The van der Waals surface area contributed by atoms with E-state index in [1.54, 1.807) is 0 Å². The van der Waals surface area contributed by atoms with E-state index in [0.29, 0.717) is 5.69 Å². The average molecular weight is 255 g/mol. The van der Waals surface area contributed by atoms with E-state index in [0.717, 1.165) is 16.7 Å². The molecule has 3 nitrogen and oxygen atoms in total. The molecule has 0 aliphatic rings. The second kappa shape index (κ2) is 4.33. The lowest BCUT2D eigenvalue weighted by molar-refractivity contribution is 0.589. The van der Waals surface area contributed by atoms with Crippen LogP contribution in [0.4, 0.5) is 5.69 Å². The molecule has 17 heavy (non-hydrogen) atoms. The van der Waals surface area contributed by atoms with E-state index < -0.39 is 10.0 Å². The van der Waals surface area contributed by atoms with Crippen LogP contribution < -0.4 is 4.72 Å². The summed E-state index contributed by atoms with van der Waals surface area (Å²) in [6, 6.07) is 4.03. The highest BCUT2D eigenvalue weighted by molar-refractivity contribution is 7.92. The van der Waals surface area contributed by atoms with Crippen LogP contribution in [0, 0.1) is 13.8 Å². The molecule has 0 saturated heterocycles. The summed E-state index contributed by atoms with van der Waals surface area (Å²) in [5, 5.41) is 0. The van der Waals surface area contributed by atoms with E-state index in [2.05, 4.69) is 31.6 Å². The van der Waals surface area contributed by atoms with Gasteiger partial charge in [0.2, 0.25) is 10.0 Å². The van der Waals surface area contributed by atoms with Crippen LogP contribution in [0.3, 0.4) is 0 Å². The van der Waals surface area contributed by atoms with E-state index in [1.807, 2.05) is 19.9 Å². The molecule has 0 amide bonds. The van der Waals surface area contributed by atoms with Gasteiger partial charge in [-0.05, 0) is 42.0 Å². The van der Waals surface area contributed by atoms with Crippen molar-refractivity contribution in [2.45, 2.75) is 40.0 Å². The number of benzene rings is 1. The van der Waals surface area contributed by atoms with Crippen molar-refractivity contribution in [2.24, 2.45) is 0 Å². The van der Waals surface area contributed by atoms with Gasteiger partial charge in [0.1, 0.15) is 0 Å². The number of hydrogen-bond acceptors (Lipinski definition) is 2. The fourth-order valence-corrected chi connectivity index (χ4v) is 2.21. The quantitative estimate of drug-likeness (QED) is 0.883. The summed E-state index contributed by atoms with van der Waals surface area (Å²) in [6.07, 6.45) is 1.17. The number of nitrogens with one attached hydrogen (secondary N) is 1. The van der Waals surface area contributed by atoms with Gasteiger partial charge >= 0.3 is 0 Å². The third-order valence-corrected chi connectivity index (χ3v) is 3.42. The first-order chi connectivity index (χ1) is 7.50. The summed E-state index contributed by atoms with van der Waals surface area (Å²) in [4.78, 5) is 0. The van der Waals surface area contributed by atoms with Crippen LogP contribution in [0.2, 0.25) is 0 Å². The minimum absolute atomic E-state index is 0.00634. The van der Waals surface area contributed by atoms with Gasteiger partial charge in [-0.3, -0.25) is 4.72 Å². The lowest BCUT2D eigenvalue weighted by Gasteiger charge is -2.22. The first kappa shape index (κ1) is 14.0. The Balaban J connectivity index is 3.36. The molecule has 0 aromatic heterocycles. The zero-order valence-electron chi connectivity index (χ0n) is 11.4. The Morgan fingerprint density at radius 1 is 1.12 bits per heavy atom. The van der Waals surface area contributed by atoms with E-state index in [4.69, 9.17) is 0 Å². The van der Waals surface area contributed by atoms with Gasteiger partial charge in [0, 0.05) is 0 Å². The monoisotopic (exact) mass is 255 g/mol. The SMILES string of the molecule is Cc1cc(C(C)(C)C)cc(NS(C)(=O)=O)c1C. The van der Waals surface area contributed by atoms with Gasteiger partial charge in [-0.2, -0.15) is 0 Å². The van der Waals surface area contributed by atoms with Crippen LogP contribution in [0.5, 0.6) is 0 Å². The molecule has 0 fully saturated rings. The van der Waals surface area contributed by atoms with Crippen molar-refractivity contribution < 1.29 is 8.42 Å². The Bertz CT molecular complexity index is 525. The average Bonchev–Trinajstić information content (AvgIpc) is 2.08. The number of hydrogen-bond donors (Lipinski definition) is 1. The molecule has 0 heterocycles. The standard InChI is InChI=1S/C13H21NO2S/c1-9-7-11(13(3,4)5)8-12(10(9)2)14-17(6,15)16/h7-8,14H,1-6H3. The minimum Gasteiger partial charge on any atom is -0.283 e. The molecule has 0 spiro atoms. The summed E-state index contributed by atoms with van der Waals surface area (Å²) >= 11 is 0. The molecule has 96 valence electrons. The summed E-state index contributed by atoms with van der Waals surface area (Å²) < 4.78 is 25.2. The number of sulfonamides is 1. The fourth-order valence-electron chi connectivity index (χ4n) is 1.60. The first-order valence-electron chi connectivity index (χ1n) is 5.60. The van der Waals surface area contributed by atoms with Crippen molar-refractivity contribution in [1.29, 1.82) is 0 Å². The molecule has 1 aromatic carbocycles. The Morgan fingerprint density at radius 2 is 1.65 bits per heavy atom. The van der Waals surface area contributed by atoms with Crippen LogP contribution in [-0.2, 0) is 15.4 Å². The summed E-state index contributed by atoms with van der Waals surface area (Å²) in [5.41, 5.74) is 3.89. The van der Waals surface area contributed by atoms with Crippen LogP contribution in [0.15, 0.2) is 12.1 Å². The Kier molecular flexibility index (Phi) is 3.58. The number of anilines is 1. The predicted molar refractivity (Wildman–Crippen MR) is 73.1 cm³/mol. The predicted octanol–water partition coefficient (Wildman–Crippen LogP) is 2.97. The highest BCUT2D eigenvalue weighted by Crippen LogP contribution is 2.29. The lowest BCUT2D eigenvalue weighted by Crippen LogP contribution is -2.15. The maximum Gasteiger partial charge on any atom is 0.229 e. The van der Waals surface area contributed by atoms with Crippen molar-refractivity contribution in [2.75, 3.05) is 11.0 Å². The largest absolute Gasteiger partial charge is 0.283 e. The molecule has 1 rings (SSSR count). The highest BCUT2D eigenvalue weighted by atomic mass is 32.2. The summed E-state index contributed by atoms with van der Waals surface area (Å²) in [6.45, 7) is 10.3. The molecule has 0 saturated carbocycles. The zero-order chi connectivity index (χ0) is 13.4. The Labute approximate surface area is 104 Å². The topological polar surface area (TPSA) is 46.2 Å². The molecule has 1 aromatic rings. The van der Waals surface area contributed by atoms with Gasteiger partial charge in [-0.25, -0.2) is 8.42 Å². The molecular weight excluding hydrogens is 234 g/mol. The summed E-state index contributed by atoms with van der Waals surface area (Å²) in [5.74, 6) is 0. The van der Waals surface area contributed by atoms with Gasteiger partial charge in [0.25, 0.3) is 0 Å². The zero-order valence-corrected chi connectivity index (χ0v) is 12.2. The van der Waals surface area contributed by atoms with Gasteiger partial charge in [0.15, 0.2) is 0 Å². The maximum absolute atomic E-state index is 11.3. The number of aryl methyl sites for hydroxylation is 1. The Hall–Kier alpha value is -1.03. The number of rotatable bonds is 2. The molecular formula is C13H21NO2S. The smallest absolute Gasteiger partial charge is 0.229 e. The second-order valence-electron chi connectivity index (χ2n) is 5.59. The van der Waals surface area contributed by atoms with Crippen molar-refractivity contribution >= 4 is 15.7 Å². The molecule has 0 unspecified atom stereocenters. The van der Waals surface area contributed by atoms with E-state index >= 15 is 0 Å². The van der Waals surface area contributed by atoms with Crippen molar-refractivity contribution in [1.82, 2.24) is 0 Å². The molecule has 0 aliphatic heterocycles. The highest BCUT2D eigenvalue weighted by Gasteiger charge is 2.17. The molecule has 4 heteroatoms. The van der Waals surface area contributed by atoms with Gasteiger partial charge in [0.05, 0.1) is 11.9 Å². The van der Waals surface area contributed by atoms with Crippen molar-refractivity contribution in [3.05, 3.63) is 28.8 Å². The third-order valence-electron chi connectivity index (χ3n) is 2.83. The molecule has 0 atom stereocenters. The molecule has 1 N–H and O–H groups in total. The molecule has 0 bridgehead atoms. The third kappa shape index (κ3) is 3.73. The van der Waals surface area contributed by atoms with E-state index in [9.17, 15) is 8.42 Å². The van der Waals surface area contributed by atoms with E-state index in [-0.39, 0.29) is 5.41 Å². The lowest BCUT2D eigenvalue weighted by atomic mass is 9.85. The Morgan fingerprint density at radius 3 is 2.06 bits per heavy atom. The van der Waals surface area contributed by atoms with E-state index in [1.165, 1.54) is 6.26 Å². The van der Waals surface area contributed by atoms with Crippen LogP contribution in [-0.4, -0.2) is 14.7 Å². The summed E-state index contributed by atoms with van der Waals surface area (Å²) in [7, 11) is -3.23. The first-order valence-corrected chi connectivity index (χ1v) is 7.49. The second-order valence-corrected chi connectivity index (χ2v) is 7.34. The van der Waals surface area contributed by atoms with Crippen LogP contribution >= 0.6 is 0 Å². The van der Waals surface area contributed by atoms with Gasteiger partial charge in [-0.1, -0.05) is 26.8 Å². The molecule has 0 radical (unpaired) electrons. The van der Waals surface area contributed by atoms with Gasteiger partial charge in [-0.15, -0.1) is 0 Å². The fraction of sp³-hybridized carbons (Fsp3) is 0.538. The van der Waals surface area contributed by atoms with Gasteiger partial charge < -0.3 is 0 Å².